The van der Waals surface area contributed by atoms with Crippen molar-refractivity contribution < 1.29 is 9.26 Å². The van der Waals surface area contributed by atoms with Crippen LogP contribution in [0.3, 0.4) is 0 Å². The van der Waals surface area contributed by atoms with Gasteiger partial charge in [-0.15, -0.1) is 10.2 Å². The van der Waals surface area contributed by atoms with Crippen LogP contribution >= 0.6 is 23.4 Å². The molecule has 5 rings (SSSR count). The maximum absolute atomic E-state index is 6.06. The van der Waals surface area contributed by atoms with Gasteiger partial charge in [0.2, 0.25) is 5.89 Å². The molecule has 0 bridgehead atoms. The molecule has 0 aliphatic carbocycles. The first kappa shape index (κ1) is 21.2. The van der Waals surface area contributed by atoms with Gasteiger partial charge in [-0.1, -0.05) is 58.9 Å². The minimum absolute atomic E-state index is 0.164. The fraction of sp³-hybridized carbons (Fsp3) is 0.304. The van der Waals surface area contributed by atoms with Crippen LogP contribution in [0.25, 0.3) is 11.4 Å². The van der Waals surface area contributed by atoms with Crippen LogP contribution in [0, 0.1) is 0 Å². The maximum Gasteiger partial charge on any atom is 0.237 e. The predicted octanol–water partition coefficient (Wildman–Crippen LogP) is 5.04. The number of hydrogen-bond acceptors (Lipinski definition) is 7. The van der Waals surface area contributed by atoms with Crippen molar-refractivity contribution in [3.63, 3.8) is 0 Å². The quantitative estimate of drug-likeness (QED) is 0.336. The molecule has 1 saturated heterocycles. The highest BCUT2D eigenvalue weighted by molar-refractivity contribution is 7.98. The van der Waals surface area contributed by atoms with E-state index in [1.54, 1.807) is 0 Å². The molecular weight excluding hydrogens is 446 g/mol. The lowest BCUT2D eigenvalue weighted by Gasteiger charge is -2.14. The highest BCUT2D eigenvalue weighted by atomic mass is 35.5. The van der Waals surface area contributed by atoms with Crippen molar-refractivity contribution in [2.24, 2.45) is 0 Å². The first-order valence-electron chi connectivity index (χ1n) is 10.5. The SMILES string of the molecule is Clc1ccc(-c2nnc(SCc3nc(Cc4ccccc4)no3)n2CC2CCCO2)cc1. The van der Waals surface area contributed by atoms with Crippen molar-refractivity contribution >= 4 is 23.4 Å². The Kier molecular flexibility index (Phi) is 6.52. The van der Waals surface area contributed by atoms with E-state index in [2.05, 4.69) is 37.0 Å². The smallest absolute Gasteiger partial charge is 0.237 e. The number of hydrogen-bond donors (Lipinski definition) is 0. The van der Waals surface area contributed by atoms with E-state index in [4.69, 9.17) is 20.9 Å². The molecule has 32 heavy (non-hydrogen) atoms. The van der Waals surface area contributed by atoms with Gasteiger partial charge < -0.3 is 9.26 Å². The van der Waals surface area contributed by atoms with Crippen molar-refractivity contribution in [2.45, 2.75) is 42.8 Å². The van der Waals surface area contributed by atoms with Gasteiger partial charge in [-0.2, -0.15) is 4.98 Å². The van der Waals surface area contributed by atoms with Gasteiger partial charge in [-0.3, -0.25) is 4.57 Å². The number of halogens is 1. The highest BCUT2D eigenvalue weighted by Gasteiger charge is 2.22. The molecule has 0 spiro atoms. The van der Waals surface area contributed by atoms with Crippen LogP contribution in [0.5, 0.6) is 0 Å². The van der Waals surface area contributed by atoms with Crippen molar-refractivity contribution in [3.8, 4) is 11.4 Å². The van der Waals surface area contributed by atoms with E-state index in [0.717, 1.165) is 41.6 Å². The molecule has 1 atom stereocenters. The number of aromatic nitrogens is 5. The number of benzene rings is 2. The fourth-order valence-electron chi connectivity index (χ4n) is 3.69. The molecule has 4 aromatic rings. The van der Waals surface area contributed by atoms with Gasteiger partial charge in [0, 0.05) is 23.6 Å². The van der Waals surface area contributed by atoms with E-state index in [0.29, 0.717) is 35.5 Å². The zero-order valence-electron chi connectivity index (χ0n) is 17.4. The van der Waals surface area contributed by atoms with Crippen LogP contribution in [-0.4, -0.2) is 37.6 Å². The third-order valence-corrected chi connectivity index (χ3v) is 6.47. The van der Waals surface area contributed by atoms with E-state index < -0.39 is 0 Å². The summed E-state index contributed by atoms with van der Waals surface area (Å²) in [5, 5.41) is 14.5. The van der Waals surface area contributed by atoms with Gasteiger partial charge >= 0.3 is 0 Å². The van der Waals surface area contributed by atoms with E-state index in [1.807, 2.05) is 42.5 Å². The van der Waals surface area contributed by atoms with Gasteiger partial charge in [0.15, 0.2) is 16.8 Å². The largest absolute Gasteiger partial charge is 0.376 e. The second-order valence-electron chi connectivity index (χ2n) is 7.61. The second kappa shape index (κ2) is 9.85. The molecule has 1 unspecified atom stereocenters. The van der Waals surface area contributed by atoms with Gasteiger partial charge in [0.1, 0.15) is 0 Å². The monoisotopic (exact) mass is 467 g/mol. The van der Waals surface area contributed by atoms with Gasteiger partial charge in [0.25, 0.3) is 0 Å². The van der Waals surface area contributed by atoms with E-state index in [9.17, 15) is 0 Å². The molecule has 0 saturated carbocycles. The zero-order valence-corrected chi connectivity index (χ0v) is 18.9. The average molecular weight is 468 g/mol. The molecule has 2 aromatic heterocycles. The molecule has 0 N–H and O–H groups in total. The molecule has 1 aliphatic heterocycles. The molecule has 7 nitrogen and oxygen atoms in total. The lowest BCUT2D eigenvalue weighted by molar-refractivity contribution is 0.0953. The van der Waals surface area contributed by atoms with Crippen LogP contribution < -0.4 is 0 Å². The third kappa shape index (κ3) is 5.03. The molecule has 1 aliphatic rings. The number of thioether (sulfide) groups is 1. The summed E-state index contributed by atoms with van der Waals surface area (Å²) >= 11 is 7.60. The van der Waals surface area contributed by atoms with Crippen molar-refractivity contribution in [1.82, 2.24) is 24.9 Å². The van der Waals surface area contributed by atoms with Crippen LogP contribution in [0.15, 0.2) is 64.3 Å². The lowest BCUT2D eigenvalue weighted by atomic mass is 10.1. The Morgan fingerprint density at radius 2 is 1.91 bits per heavy atom. The summed E-state index contributed by atoms with van der Waals surface area (Å²) in [5.74, 6) is 2.57. The molecule has 164 valence electrons. The Morgan fingerprint density at radius 1 is 1.06 bits per heavy atom. The minimum atomic E-state index is 0.164. The van der Waals surface area contributed by atoms with Crippen LogP contribution in [-0.2, 0) is 23.5 Å². The molecule has 0 amide bonds. The van der Waals surface area contributed by atoms with Crippen molar-refractivity contribution in [1.29, 1.82) is 0 Å². The summed E-state index contributed by atoms with van der Waals surface area (Å²) in [7, 11) is 0. The van der Waals surface area contributed by atoms with Crippen molar-refractivity contribution in [2.75, 3.05) is 6.61 Å². The third-order valence-electron chi connectivity index (χ3n) is 5.27. The van der Waals surface area contributed by atoms with E-state index in [1.165, 1.54) is 11.8 Å². The van der Waals surface area contributed by atoms with E-state index >= 15 is 0 Å². The number of ether oxygens (including phenoxy) is 1. The van der Waals surface area contributed by atoms with E-state index in [-0.39, 0.29) is 6.10 Å². The summed E-state index contributed by atoms with van der Waals surface area (Å²) in [6.45, 7) is 1.51. The molecular formula is C23H22ClN5O2S. The Bertz CT molecular complexity index is 1160. The Hall–Kier alpha value is -2.68. The number of nitrogens with zero attached hydrogens (tertiary/aromatic N) is 5. The highest BCUT2D eigenvalue weighted by Crippen LogP contribution is 2.29. The van der Waals surface area contributed by atoms with Gasteiger partial charge in [0.05, 0.1) is 18.4 Å². The summed E-state index contributed by atoms with van der Waals surface area (Å²) in [6.07, 6.45) is 2.93. The Balaban J connectivity index is 1.32. The molecule has 2 aromatic carbocycles. The molecule has 9 heteroatoms. The fourth-order valence-corrected chi connectivity index (χ4v) is 4.60. The zero-order chi connectivity index (χ0) is 21.8. The molecule has 1 fully saturated rings. The lowest BCUT2D eigenvalue weighted by Crippen LogP contribution is -2.16. The first-order chi connectivity index (χ1) is 15.7. The van der Waals surface area contributed by atoms with Crippen molar-refractivity contribution in [3.05, 3.63) is 76.9 Å². The summed E-state index contributed by atoms with van der Waals surface area (Å²) in [6, 6.07) is 17.8. The standard InChI is InChI=1S/C23H22ClN5O2S/c24-18-10-8-17(9-11-18)22-26-27-23(29(22)14-19-7-4-12-30-19)32-15-21-25-20(28-31-21)13-16-5-2-1-3-6-16/h1-3,5-6,8-11,19H,4,7,12-15H2. The average Bonchev–Trinajstić information content (AvgIpc) is 3.56. The topological polar surface area (TPSA) is 78.9 Å². The van der Waals surface area contributed by atoms with Crippen LogP contribution in [0.2, 0.25) is 5.02 Å². The minimum Gasteiger partial charge on any atom is -0.376 e. The predicted molar refractivity (Wildman–Crippen MR) is 123 cm³/mol. The van der Waals surface area contributed by atoms with Gasteiger partial charge in [-0.25, -0.2) is 0 Å². The molecule has 3 heterocycles. The second-order valence-corrected chi connectivity index (χ2v) is 8.99. The Morgan fingerprint density at radius 3 is 2.69 bits per heavy atom. The normalized spacial score (nSPS) is 16.0. The summed E-state index contributed by atoms with van der Waals surface area (Å²) in [5.41, 5.74) is 2.12. The maximum atomic E-state index is 6.06. The Labute approximate surface area is 195 Å². The van der Waals surface area contributed by atoms with Crippen LogP contribution in [0.1, 0.15) is 30.1 Å². The van der Waals surface area contributed by atoms with Gasteiger partial charge in [-0.05, 0) is 42.7 Å². The summed E-state index contributed by atoms with van der Waals surface area (Å²) in [4.78, 5) is 4.53. The summed E-state index contributed by atoms with van der Waals surface area (Å²) < 4.78 is 13.4. The van der Waals surface area contributed by atoms with Crippen LogP contribution in [0.4, 0.5) is 0 Å². The molecule has 0 radical (unpaired) electrons. The first-order valence-corrected chi connectivity index (χ1v) is 11.9. The number of rotatable bonds is 8.